The van der Waals surface area contributed by atoms with Crippen LogP contribution >= 0.6 is 0 Å². The van der Waals surface area contributed by atoms with Crippen LogP contribution in [-0.4, -0.2) is 63.6 Å². The highest BCUT2D eigenvalue weighted by Crippen LogP contribution is 2.24. The van der Waals surface area contributed by atoms with E-state index in [9.17, 15) is 18.0 Å². The van der Waals surface area contributed by atoms with Crippen molar-refractivity contribution in [3.63, 3.8) is 0 Å². The van der Waals surface area contributed by atoms with Gasteiger partial charge in [-0.25, -0.2) is 17.5 Å². The van der Waals surface area contributed by atoms with E-state index >= 15 is 0 Å². The third-order valence-corrected chi connectivity index (χ3v) is 6.81. The molecule has 0 fully saturated rings. The fourth-order valence-electron chi connectivity index (χ4n) is 3.19. The highest BCUT2D eigenvalue weighted by molar-refractivity contribution is 7.89. The van der Waals surface area contributed by atoms with Gasteiger partial charge in [0.05, 0.1) is 23.1 Å². The van der Waals surface area contributed by atoms with Crippen molar-refractivity contribution in [2.75, 3.05) is 39.2 Å². The number of anilines is 1. The number of ether oxygens (including phenoxy) is 1. The molecule has 34 heavy (non-hydrogen) atoms. The molecule has 3 aromatic rings. The first-order valence-electron chi connectivity index (χ1n) is 10.5. The quantitative estimate of drug-likeness (QED) is 0.368. The van der Waals surface area contributed by atoms with E-state index in [1.807, 2.05) is 30.3 Å². The molecule has 1 atom stereocenters. The highest BCUT2D eigenvalue weighted by Gasteiger charge is 2.23. The molecule has 11 heteroatoms. The number of furan rings is 1. The van der Waals surface area contributed by atoms with Crippen LogP contribution in [0.5, 0.6) is 0 Å². The first-order valence-corrected chi connectivity index (χ1v) is 11.9. The molecule has 2 aromatic carbocycles. The molecule has 1 amide bonds. The number of benzene rings is 2. The number of hydrogen-bond acceptors (Lipinski definition) is 8. The van der Waals surface area contributed by atoms with E-state index in [-0.39, 0.29) is 29.3 Å². The predicted molar refractivity (Wildman–Crippen MR) is 126 cm³/mol. The Labute approximate surface area is 197 Å². The summed E-state index contributed by atoms with van der Waals surface area (Å²) >= 11 is 0. The Morgan fingerprint density at radius 1 is 1.15 bits per heavy atom. The Kier molecular flexibility index (Phi) is 7.92. The molecule has 10 nitrogen and oxygen atoms in total. The number of para-hydroxylation sites is 1. The fraction of sp³-hybridized carbons (Fsp3) is 0.304. The third-order valence-electron chi connectivity index (χ3n) is 5.00. The molecule has 0 aliphatic carbocycles. The predicted octanol–water partition coefficient (Wildman–Crippen LogP) is 2.12. The number of aliphatic hydroxyl groups is 1. The normalized spacial score (nSPS) is 12.5. The number of amides is 1. The molecule has 1 heterocycles. The minimum absolute atomic E-state index is 0.0745. The van der Waals surface area contributed by atoms with E-state index < -0.39 is 34.5 Å². The Hall–Kier alpha value is -3.41. The van der Waals surface area contributed by atoms with Crippen LogP contribution in [-0.2, 0) is 19.6 Å². The van der Waals surface area contributed by atoms with Crippen LogP contribution in [0.3, 0.4) is 0 Å². The van der Waals surface area contributed by atoms with Crippen molar-refractivity contribution in [3.8, 4) is 0 Å². The van der Waals surface area contributed by atoms with E-state index in [0.29, 0.717) is 11.3 Å². The smallest absolute Gasteiger partial charge is 0.340 e. The minimum Gasteiger partial charge on any atom is -0.459 e. The van der Waals surface area contributed by atoms with Gasteiger partial charge in [-0.15, -0.1) is 0 Å². The summed E-state index contributed by atoms with van der Waals surface area (Å²) in [5.74, 6) is -0.885. The monoisotopic (exact) mass is 489 g/mol. The number of aliphatic hydroxyl groups excluding tert-OH is 1. The van der Waals surface area contributed by atoms with Crippen LogP contribution in [0, 0.1) is 0 Å². The second kappa shape index (κ2) is 10.7. The molecular weight excluding hydrogens is 462 g/mol. The summed E-state index contributed by atoms with van der Waals surface area (Å²) in [6.45, 7) is 1.10. The van der Waals surface area contributed by atoms with Crippen LogP contribution in [0.25, 0.3) is 11.0 Å². The number of fused-ring (bicyclic) bond motifs is 1. The van der Waals surface area contributed by atoms with Crippen LogP contribution in [0.2, 0.25) is 0 Å². The third kappa shape index (κ3) is 5.74. The maximum Gasteiger partial charge on any atom is 0.340 e. The van der Waals surface area contributed by atoms with Gasteiger partial charge in [-0.3, -0.25) is 4.79 Å². The van der Waals surface area contributed by atoms with Crippen molar-refractivity contribution in [2.24, 2.45) is 0 Å². The van der Waals surface area contributed by atoms with Crippen LogP contribution in [0.4, 0.5) is 5.69 Å². The van der Waals surface area contributed by atoms with Gasteiger partial charge in [-0.05, 0) is 37.3 Å². The van der Waals surface area contributed by atoms with Gasteiger partial charge in [0.2, 0.25) is 10.0 Å². The largest absolute Gasteiger partial charge is 0.459 e. The number of nitrogens with zero attached hydrogens (tertiary/aromatic N) is 1. The molecular formula is C23H27N3O7S. The molecule has 0 saturated carbocycles. The molecule has 0 spiro atoms. The van der Waals surface area contributed by atoms with E-state index in [4.69, 9.17) is 14.3 Å². The lowest BCUT2D eigenvalue weighted by molar-refractivity contribution is -0.125. The molecule has 1 aromatic heterocycles. The summed E-state index contributed by atoms with van der Waals surface area (Å²) in [4.78, 5) is 25.0. The maximum atomic E-state index is 12.7. The maximum absolute atomic E-state index is 12.7. The van der Waals surface area contributed by atoms with Crippen molar-refractivity contribution in [3.05, 3.63) is 59.9 Å². The van der Waals surface area contributed by atoms with Gasteiger partial charge >= 0.3 is 5.97 Å². The van der Waals surface area contributed by atoms with Crippen molar-refractivity contribution in [2.45, 2.75) is 17.9 Å². The average Bonchev–Trinajstić information content (AvgIpc) is 3.25. The lowest BCUT2D eigenvalue weighted by Crippen LogP contribution is -2.31. The second-order valence-corrected chi connectivity index (χ2v) is 9.85. The van der Waals surface area contributed by atoms with Crippen molar-refractivity contribution in [1.29, 1.82) is 0 Å². The summed E-state index contributed by atoms with van der Waals surface area (Å²) in [6, 6.07) is 12.7. The Bertz CT molecular complexity index is 1250. The zero-order valence-electron chi connectivity index (χ0n) is 19.1. The fourth-order valence-corrected chi connectivity index (χ4v) is 4.12. The van der Waals surface area contributed by atoms with E-state index in [2.05, 4.69) is 10.6 Å². The first kappa shape index (κ1) is 25.2. The molecule has 0 aliphatic heterocycles. The average molecular weight is 490 g/mol. The molecule has 0 bridgehead atoms. The Morgan fingerprint density at radius 3 is 2.56 bits per heavy atom. The summed E-state index contributed by atoms with van der Waals surface area (Å²) < 4.78 is 36.8. The van der Waals surface area contributed by atoms with Crippen LogP contribution in [0.1, 0.15) is 29.1 Å². The SMILES string of the molecule is CC(NC(=O)COC(=O)c1cc(S(=O)(=O)N(C)C)ccc1NCCO)c1cc2ccccc2o1. The number of nitrogens with one attached hydrogen (secondary N) is 2. The van der Waals surface area contributed by atoms with Gasteiger partial charge in [0.15, 0.2) is 6.61 Å². The van der Waals surface area contributed by atoms with E-state index in [1.165, 1.54) is 32.3 Å². The number of esters is 1. The topological polar surface area (TPSA) is 138 Å². The number of hydrogen-bond donors (Lipinski definition) is 3. The van der Waals surface area contributed by atoms with Crippen LogP contribution in [0.15, 0.2) is 57.8 Å². The molecule has 0 aliphatic rings. The second-order valence-electron chi connectivity index (χ2n) is 7.70. The highest BCUT2D eigenvalue weighted by atomic mass is 32.2. The molecule has 0 saturated heterocycles. The summed E-state index contributed by atoms with van der Waals surface area (Å²) in [7, 11) is -1.05. The van der Waals surface area contributed by atoms with Gasteiger partial charge in [0.1, 0.15) is 11.3 Å². The Morgan fingerprint density at radius 2 is 1.88 bits per heavy atom. The van der Waals surface area contributed by atoms with Crippen molar-refractivity contribution in [1.82, 2.24) is 9.62 Å². The number of sulfonamides is 1. The standard InChI is InChI=1S/C23H27N3O7S/c1-15(21-12-16-6-4-5-7-20(16)33-21)25-22(28)14-32-23(29)18-13-17(34(30,31)26(2)3)8-9-19(18)24-10-11-27/h4-9,12-13,15,24,27H,10-11,14H2,1-3H3,(H,25,28). The molecule has 3 N–H and O–H groups in total. The van der Waals surface area contributed by atoms with Crippen molar-refractivity contribution < 1.29 is 32.3 Å². The zero-order chi connectivity index (χ0) is 24.9. The minimum atomic E-state index is -3.80. The Balaban J connectivity index is 1.70. The molecule has 1 unspecified atom stereocenters. The van der Waals surface area contributed by atoms with Gasteiger partial charge in [-0.2, -0.15) is 0 Å². The number of carbonyl (C=O) groups is 2. The first-order chi connectivity index (χ1) is 16.1. The van der Waals surface area contributed by atoms with Gasteiger partial charge < -0.3 is 24.9 Å². The summed E-state index contributed by atoms with van der Waals surface area (Å²) in [5, 5.41) is 15.5. The van der Waals surface area contributed by atoms with Gasteiger partial charge in [-0.1, -0.05) is 18.2 Å². The van der Waals surface area contributed by atoms with Gasteiger partial charge in [0.25, 0.3) is 5.91 Å². The number of rotatable bonds is 10. The van der Waals surface area contributed by atoms with Gasteiger partial charge in [0, 0.05) is 31.7 Å². The molecule has 3 rings (SSSR count). The number of carbonyl (C=O) groups excluding carboxylic acids is 2. The zero-order valence-corrected chi connectivity index (χ0v) is 19.9. The van der Waals surface area contributed by atoms with E-state index in [0.717, 1.165) is 9.69 Å². The molecule has 182 valence electrons. The van der Waals surface area contributed by atoms with Crippen molar-refractivity contribution >= 4 is 38.6 Å². The summed E-state index contributed by atoms with van der Waals surface area (Å²) in [6.07, 6.45) is 0. The van der Waals surface area contributed by atoms with Crippen LogP contribution < -0.4 is 10.6 Å². The molecule has 0 radical (unpaired) electrons. The summed E-state index contributed by atoms with van der Waals surface area (Å²) in [5.41, 5.74) is 0.891. The lowest BCUT2D eigenvalue weighted by Gasteiger charge is -2.16. The van der Waals surface area contributed by atoms with E-state index in [1.54, 1.807) is 6.92 Å². The lowest BCUT2D eigenvalue weighted by atomic mass is 10.2.